The fourth-order valence-corrected chi connectivity index (χ4v) is 4.01. The molecule has 0 aliphatic carbocycles. The van der Waals surface area contributed by atoms with E-state index in [-0.39, 0.29) is 11.0 Å². The topological polar surface area (TPSA) is 147 Å². The first-order valence-electron chi connectivity index (χ1n) is 12.0. The summed E-state index contributed by atoms with van der Waals surface area (Å²) in [5.41, 5.74) is 3.24. The largest absolute Gasteiger partial charge is 0.357 e. The summed E-state index contributed by atoms with van der Waals surface area (Å²) < 4.78 is 3.12. The number of H-pyrrole nitrogens is 1. The Morgan fingerprint density at radius 3 is 2.61 bits per heavy atom. The lowest BCUT2D eigenvalue weighted by Gasteiger charge is -2.13. The number of amides is 2. The monoisotopic (exact) mass is 512 g/mol. The third-order valence-corrected chi connectivity index (χ3v) is 6.05. The normalized spacial score (nSPS) is 11.5. The first kappa shape index (κ1) is 24.7. The van der Waals surface area contributed by atoms with Gasteiger partial charge in [-0.2, -0.15) is 15.2 Å². The number of fused-ring (bicyclic) bond motifs is 1. The van der Waals surface area contributed by atoms with E-state index in [1.807, 2.05) is 32.9 Å². The number of carbonyl (C=O) groups excluding carboxylic acids is 1. The van der Waals surface area contributed by atoms with Crippen molar-refractivity contribution in [3.05, 3.63) is 71.0 Å². The highest BCUT2D eigenvalue weighted by molar-refractivity contribution is 6.00. The molecule has 5 aromatic rings. The van der Waals surface area contributed by atoms with Gasteiger partial charge in [0, 0.05) is 54.6 Å². The summed E-state index contributed by atoms with van der Waals surface area (Å²) in [5, 5.41) is 20.7. The second-order valence-corrected chi connectivity index (χ2v) is 9.84. The Hall–Kier alpha value is -5.00. The summed E-state index contributed by atoms with van der Waals surface area (Å²) >= 11 is 0. The minimum absolute atomic E-state index is 0.210. The van der Waals surface area contributed by atoms with Crippen LogP contribution in [0.1, 0.15) is 26.5 Å². The molecule has 0 aliphatic rings. The molecule has 1 aromatic carbocycles. The maximum Gasteiger partial charge on any atom is 0.324 e. The highest BCUT2D eigenvalue weighted by Gasteiger charge is 2.22. The quantitative estimate of drug-likeness (QED) is 0.279. The highest BCUT2D eigenvalue weighted by Crippen LogP contribution is 2.27. The van der Waals surface area contributed by atoms with E-state index in [1.165, 1.54) is 4.57 Å². The van der Waals surface area contributed by atoms with E-state index >= 15 is 0 Å². The molecule has 0 bridgehead atoms. The number of pyridine rings is 1. The number of carbonyl (C=O) groups is 1. The lowest BCUT2D eigenvalue weighted by Crippen LogP contribution is -2.22. The molecule has 194 valence electrons. The van der Waals surface area contributed by atoms with Gasteiger partial charge in [-0.25, -0.2) is 14.5 Å². The molecule has 4 heterocycles. The van der Waals surface area contributed by atoms with Gasteiger partial charge in [-0.1, -0.05) is 32.9 Å². The second kappa shape index (κ2) is 9.47. The molecule has 0 atom stereocenters. The van der Waals surface area contributed by atoms with E-state index < -0.39 is 6.03 Å². The van der Waals surface area contributed by atoms with Gasteiger partial charge < -0.3 is 10.6 Å². The van der Waals surface area contributed by atoms with Crippen molar-refractivity contribution in [2.24, 2.45) is 7.05 Å². The fourth-order valence-electron chi connectivity index (χ4n) is 4.01. The Kier molecular flexibility index (Phi) is 6.15. The molecule has 0 spiro atoms. The van der Waals surface area contributed by atoms with Crippen LogP contribution in [0.3, 0.4) is 0 Å². The van der Waals surface area contributed by atoms with Crippen molar-refractivity contribution < 1.29 is 4.79 Å². The molecule has 4 aromatic heterocycles. The summed E-state index contributed by atoms with van der Waals surface area (Å²) in [7, 11) is 3.39. The zero-order chi connectivity index (χ0) is 27.0. The van der Waals surface area contributed by atoms with E-state index in [9.17, 15) is 9.59 Å². The molecule has 38 heavy (non-hydrogen) atoms. The van der Waals surface area contributed by atoms with Crippen molar-refractivity contribution in [2.45, 2.75) is 26.2 Å². The van der Waals surface area contributed by atoms with E-state index in [1.54, 1.807) is 61.6 Å². The van der Waals surface area contributed by atoms with Gasteiger partial charge >= 0.3 is 6.03 Å². The Labute approximate surface area is 218 Å². The standard InChI is InChI=1S/C26H28N10O2/c1-26(2,3)20-11-21(36(34-20)18-13-29-30-14-18)32-25(38)31-17-8-6-7-15(9-17)19-10-16-12-28-24(27-4)33-22(16)35(5)23(19)37/h6-14H,1-5H3,(H,29,30)(H,27,28,33)(H2,31,32,38). The lowest BCUT2D eigenvalue weighted by atomic mass is 9.92. The Morgan fingerprint density at radius 1 is 1.08 bits per heavy atom. The third kappa shape index (κ3) is 4.71. The van der Waals surface area contributed by atoms with Crippen LogP contribution in [0.4, 0.5) is 22.2 Å². The first-order valence-corrected chi connectivity index (χ1v) is 12.0. The molecule has 0 radical (unpaired) electrons. The molecule has 0 saturated heterocycles. The number of aromatic amines is 1. The third-order valence-electron chi connectivity index (χ3n) is 6.05. The van der Waals surface area contributed by atoms with E-state index in [2.05, 4.69) is 41.2 Å². The fraction of sp³-hybridized carbons (Fsp3) is 0.231. The minimum atomic E-state index is -0.452. The van der Waals surface area contributed by atoms with E-state index in [0.29, 0.717) is 39.9 Å². The van der Waals surface area contributed by atoms with Crippen LogP contribution in [-0.2, 0) is 12.5 Å². The molecular weight excluding hydrogens is 484 g/mol. The molecule has 0 unspecified atom stereocenters. The number of anilines is 3. The van der Waals surface area contributed by atoms with E-state index in [4.69, 9.17) is 0 Å². The summed E-state index contributed by atoms with van der Waals surface area (Å²) in [6.07, 6.45) is 4.99. The first-order chi connectivity index (χ1) is 18.1. The van der Waals surface area contributed by atoms with Crippen LogP contribution >= 0.6 is 0 Å². The zero-order valence-electron chi connectivity index (χ0n) is 21.7. The highest BCUT2D eigenvalue weighted by atomic mass is 16.2. The Bertz CT molecular complexity index is 1690. The summed E-state index contributed by atoms with van der Waals surface area (Å²) in [5.74, 6) is 0.926. The molecule has 0 saturated carbocycles. The molecular formula is C26H28N10O2. The van der Waals surface area contributed by atoms with Gasteiger partial charge in [-0.3, -0.25) is 19.8 Å². The minimum Gasteiger partial charge on any atom is -0.357 e. The van der Waals surface area contributed by atoms with Gasteiger partial charge in [0.1, 0.15) is 17.2 Å². The van der Waals surface area contributed by atoms with Gasteiger partial charge in [0.15, 0.2) is 0 Å². The number of aryl methyl sites for hydroxylation is 1. The van der Waals surface area contributed by atoms with E-state index in [0.717, 1.165) is 11.1 Å². The predicted octanol–water partition coefficient (Wildman–Crippen LogP) is 3.89. The van der Waals surface area contributed by atoms with Gasteiger partial charge in [-0.05, 0) is 23.8 Å². The Balaban J connectivity index is 1.42. The van der Waals surface area contributed by atoms with Crippen molar-refractivity contribution in [3.8, 4) is 16.8 Å². The summed E-state index contributed by atoms with van der Waals surface area (Å²) in [6, 6.07) is 10.2. The maximum absolute atomic E-state index is 13.2. The number of urea groups is 1. The molecule has 4 N–H and O–H groups in total. The lowest BCUT2D eigenvalue weighted by molar-refractivity contribution is 0.262. The van der Waals surface area contributed by atoms with Crippen molar-refractivity contribution in [2.75, 3.05) is 23.0 Å². The SMILES string of the molecule is CNc1ncc2cc(-c3cccc(NC(=O)Nc4cc(C(C)(C)C)nn4-c4cn[nH]c4)c3)c(=O)n(C)c2n1. The van der Waals surface area contributed by atoms with Gasteiger partial charge in [0.2, 0.25) is 5.95 Å². The number of benzene rings is 1. The number of nitrogens with one attached hydrogen (secondary N) is 4. The van der Waals surface area contributed by atoms with Gasteiger partial charge in [0.05, 0.1) is 11.9 Å². The number of aromatic nitrogens is 7. The number of nitrogens with zero attached hydrogens (tertiary/aromatic N) is 6. The van der Waals surface area contributed by atoms with Crippen molar-refractivity contribution >= 4 is 34.5 Å². The average molecular weight is 513 g/mol. The van der Waals surface area contributed by atoms with Crippen LogP contribution in [0.15, 0.2) is 59.8 Å². The van der Waals surface area contributed by atoms with Crippen LogP contribution in [0, 0.1) is 0 Å². The van der Waals surface area contributed by atoms with Crippen LogP contribution in [0.5, 0.6) is 0 Å². The van der Waals surface area contributed by atoms with Crippen LogP contribution in [0.25, 0.3) is 27.8 Å². The van der Waals surface area contributed by atoms with Crippen LogP contribution in [-0.4, -0.2) is 47.6 Å². The van der Waals surface area contributed by atoms with Crippen LogP contribution in [0.2, 0.25) is 0 Å². The maximum atomic E-state index is 13.2. The average Bonchev–Trinajstić information content (AvgIpc) is 3.56. The molecule has 2 amide bonds. The molecule has 5 rings (SSSR count). The molecule has 0 aliphatic heterocycles. The smallest absolute Gasteiger partial charge is 0.324 e. The number of hydrogen-bond acceptors (Lipinski definition) is 7. The van der Waals surface area contributed by atoms with Crippen molar-refractivity contribution in [3.63, 3.8) is 0 Å². The van der Waals surface area contributed by atoms with Crippen LogP contribution < -0.4 is 21.5 Å². The second-order valence-electron chi connectivity index (χ2n) is 9.84. The number of hydrogen-bond donors (Lipinski definition) is 4. The molecule has 0 fully saturated rings. The van der Waals surface area contributed by atoms with Crippen molar-refractivity contribution in [1.29, 1.82) is 0 Å². The van der Waals surface area contributed by atoms with Crippen molar-refractivity contribution in [1.82, 2.24) is 34.5 Å². The molecule has 12 heteroatoms. The summed E-state index contributed by atoms with van der Waals surface area (Å²) in [4.78, 5) is 34.8. The zero-order valence-corrected chi connectivity index (χ0v) is 21.7. The van der Waals surface area contributed by atoms with Gasteiger partial charge in [0.25, 0.3) is 5.56 Å². The number of rotatable bonds is 5. The Morgan fingerprint density at radius 2 is 1.89 bits per heavy atom. The predicted molar refractivity (Wildman–Crippen MR) is 147 cm³/mol. The summed E-state index contributed by atoms with van der Waals surface area (Å²) in [6.45, 7) is 6.15. The molecule has 12 nitrogen and oxygen atoms in total. The van der Waals surface area contributed by atoms with Gasteiger partial charge in [-0.15, -0.1) is 0 Å².